The van der Waals surface area contributed by atoms with E-state index in [1.54, 1.807) is 6.92 Å². The zero-order chi connectivity index (χ0) is 13.1. The van der Waals surface area contributed by atoms with Crippen molar-refractivity contribution in [1.82, 2.24) is 4.90 Å². The van der Waals surface area contributed by atoms with E-state index in [2.05, 4.69) is 0 Å². The fourth-order valence-corrected chi connectivity index (χ4v) is 1.91. The molecule has 1 aromatic carbocycles. The van der Waals surface area contributed by atoms with Crippen LogP contribution in [0.2, 0.25) is 0 Å². The van der Waals surface area contributed by atoms with Gasteiger partial charge in [0, 0.05) is 12.5 Å². The topological polar surface area (TPSA) is 40.5 Å². The largest absolute Gasteiger partial charge is 0.480 e. The monoisotopic (exact) mass is 235 g/mol. The van der Waals surface area contributed by atoms with Crippen molar-refractivity contribution in [2.75, 3.05) is 7.05 Å². The Hall–Kier alpha value is -1.35. The molecule has 0 amide bonds. The van der Waals surface area contributed by atoms with Crippen LogP contribution >= 0.6 is 0 Å². The zero-order valence-corrected chi connectivity index (χ0v) is 11.0. The fraction of sp³-hybridized carbons (Fsp3) is 0.500. The summed E-state index contributed by atoms with van der Waals surface area (Å²) < 4.78 is 0. The highest BCUT2D eigenvalue weighted by atomic mass is 16.4. The third-order valence-electron chi connectivity index (χ3n) is 3.40. The predicted molar refractivity (Wildman–Crippen MR) is 69.1 cm³/mol. The fourth-order valence-electron chi connectivity index (χ4n) is 1.91. The summed E-state index contributed by atoms with van der Waals surface area (Å²) in [7, 11) is 1.86. The molecule has 0 aliphatic carbocycles. The van der Waals surface area contributed by atoms with Gasteiger partial charge in [0.25, 0.3) is 0 Å². The lowest BCUT2D eigenvalue weighted by Gasteiger charge is -2.38. The average molecular weight is 235 g/mol. The summed E-state index contributed by atoms with van der Waals surface area (Å²) in [6.07, 6.45) is 0.512. The summed E-state index contributed by atoms with van der Waals surface area (Å²) in [4.78, 5) is 13.4. The lowest BCUT2D eigenvalue weighted by molar-refractivity contribution is -0.150. The molecule has 1 N–H and O–H groups in total. The van der Waals surface area contributed by atoms with E-state index in [1.165, 1.54) is 0 Å². The third kappa shape index (κ3) is 3.07. The number of nitrogens with zero attached hydrogens (tertiary/aromatic N) is 1. The first kappa shape index (κ1) is 13.7. The maximum absolute atomic E-state index is 11.5. The van der Waals surface area contributed by atoms with E-state index in [0.717, 1.165) is 5.56 Å². The van der Waals surface area contributed by atoms with Crippen molar-refractivity contribution >= 4 is 5.97 Å². The van der Waals surface area contributed by atoms with Gasteiger partial charge in [-0.2, -0.15) is 0 Å². The van der Waals surface area contributed by atoms with Crippen molar-refractivity contribution < 1.29 is 9.90 Å². The van der Waals surface area contributed by atoms with Crippen LogP contribution in [0.1, 0.15) is 26.3 Å². The SMILES string of the molecule is CC(C)N(C)C(C)(Cc1ccccc1)C(=O)O. The van der Waals surface area contributed by atoms with E-state index in [0.29, 0.717) is 6.42 Å². The maximum atomic E-state index is 11.5. The average Bonchev–Trinajstić information content (AvgIpc) is 2.28. The molecule has 1 unspecified atom stereocenters. The smallest absolute Gasteiger partial charge is 0.324 e. The summed E-state index contributed by atoms with van der Waals surface area (Å²) in [6.45, 7) is 5.79. The predicted octanol–water partition coefficient (Wildman–Crippen LogP) is 2.41. The number of benzene rings is 1. The number of hydrogen-bond donors (Lipinski definition) is 1. The molecular weight excluding hydrogens is 214 g/mol. The van der Waals surface area contributed by atoms with Gasteiger partial charge >= 0.3 is 5.97 Å². The minimum atomic E-state index is -0.866. The van der Waals surface area contributed by atoms with Crippen LogP contribution in [0.4, 0.5) is 0 Å². The molecule has 0 aliphatic heterocycles. The number of hydrogen-bond acceptors (Lipinski definition) is 2. The molecule has 3 nitrogen and oxygen atoms in total. The van der Waals surface area contributed by atoms with E-state index in [9.17, 15) is 9.90 Å². The van der Waals surface area contributed by atoms with Crippen LogP contribution < -0.4 is 0 Å². The summed E-state index contributed by atoms with van der Waals surface area (Å²) in [5.41, 5.74) is 0.181. The van der Waals surface area contributed by atoms with Gasteiger partial charge in [-0.15, -0.1) is 0 Å². The molecule has 17 heavy (non-hydrogen) atoms. The van der Waals surface area contributed by atoms with Crippen molar-refractivity contribution in [3.63, 3.8) is 0 Å². The number of likely N-dealkylation sites (N-methyl/N-ethyl adjacent to an activating group) is 1. The second kappa shape index (κ2) is 5.32. The van der Waals surface area contributed by atoms with E-state index < -0.39 is 11.5 Å². The maximum Gasteiger partial charge on any atom is 0.324 e. The molecule has 94 valence electrons. The molecule has 0 aliphatic rings. The number of carboxylic acid groups (broad SMARTS) is 1. The number of aliphatic carboxylic acids is 1. The van der Waals surface area contributed by atoms with Gasteiger partial charge < -0.3 is 5.11 Å². The molecule has 1 rings (SSSR count). The third-order valence-corrected chi connectivity index (χ3v) is 3.40. The Bertz CT molecular complexity index is 375. The second-order valence-electron chi connectivity index (χ2n) is 4.95. The lowest BCUT2D eigenvalue weighted by Crippen LogP contribution is -2.54. The number of carboxylic acids is 1. The van der Waals surface area contributed by atoms with Crippen molar-refractivity contribution in [3.8, 4) is 0 Å². The molecule has 0 saturated heterocycles. The van der Waals surface area contributed by atoms with Gasteiger partial charge in [-0.1, -0.05) is 30.3 Å². The normalized spacial score (nSPS) is 14.9. The van der Waals surface area contributed by atoms with Crippen molar-refractivity contribution in [2.45, 2.75) is 38.8 Å². The van der Waals surface area contributed by atoms with Crippen molar-refractivity contribution in [1.29, 1.82) is 0 Å². The molecule has 1 atom stereocenters. The van der Waals surface area contributed by atoms with Crippen LogP contribution in [0.15, 0.2) is 30.3 Å². The van der Waals surface area contributed by atoms with Gasteiger partial charge in [-0.25, -0.2) is 0 Å². The first-order valence-electron chi connectivity index (χ1n) is 5.88. The minimum absolute atomic E-state index is 0.194. The minimum Gasteiger partial charge on any atom is -0.480 e. The van der Waals surface area contributed by atoms with Gasteiger partial charge in [0.15, 0.2) is 0 Å². The molecule has 0 aromatic heterocycles. The molecule has 0 bridgehead atoms. The molecule has 3 heteroatoms. The summed E-state index contributed by atoms with van der Waals surface area (Å²) in [5.74, 6) is -0.780. The van der Waals surface area contributed by atoms with Gasteiger partial charge in [0.1, 0.15) is 5.54 Å². The number of carbonyl (C=O) groups is 1. The Labute approximate surface area is 103 Å². The second-order valence-corrected chi connectivity index (χ2v) is 4.95. The Balaban J connectivity index is 2.98. The highest BCUT2D eigenvalue weighted by Crippen LogP contribution is 2.22. The first-order chi connectivity index (χ1) is 7.88. The molecular formula is C14H21NO2. The lowest BCUT2D eigenvalue weighted by atomic mass is 9.90. The highest BCUT2D eigenvalue weighted by Gasteiger charge is 2.38. The molecule has 0 radical (unpaired) electrons. The molecule has 0 heterocycles. The van der Waals surface area contributed by atoms with Crippen LogP contribution in [0.25, 0.3) is 0 Å². The van der Waals surface area contributed by atoms with Crippen LogP contribution in [0, 0.1) is 0 Å². The quantitative estimate of drug-likeness (QED) is 0.852. The molecule has 0 fully saturated rings. The van der Waals surface area contributed by atoms with Crippen LogP contribution in [-0.2, 0) is 11.2 Å². The Morgan fingerprint density at radius 3 is 2.29 bits per heavy atom. The molecule has 1 aromatic rings. The van der Waals surface area contributed by atoms with Crippen LogP contribution in [-0.4, -0.2) is 34.6 Å². The van der Waals surface area contributed by atoms with Gasteiger partial charge in [-0.3, -0.25) is 9.69 Å². The molecule has 0 spiro atoms. The van der Waals surface area contributed by atoms with Crippen LogP contribution in [0.3, 0.4) is 0 Å². The summed E-state index contributed by atoms with van der Waals surface area (Å²) in [6, 6.07) is 9.94. The highest BCUT2D eigenvalue weighted by molar-refractivity contribution is 5.78. The van der Waals surface area contributed by atoms with E-state index in [-0.39, 0.29) is 6.04 Å². The van der Waals surface area contributed by atoms with Gasteiger partial charge in [-0.05, 0) is 33.4 Å². The Kier molecular flexibility index (Phi) is 4.29. The van der Waals surface area contributed by atoms with E-state index in [4.69, 9.17) is 0 Å². The Morgan fingerprint density at radius 1 is 1.35 bits per heavy atom. The van der Waals surface area contributed by atoms with Crippen LogP contribution in [0.5, 0.6) is 0 Å². The van der Waals surface area contributed by atoms with Gasteiger partial charge in [0.05, 0.1) is 0 Å². The first-order valence-corrected chi connectivity index (χ1v) is 5.88. The number of rotatable bonds is 5. The van der Waals surface area contributed by atoms with Crippen molar-refractivity contribution in [2.24, 2.45) is 0 Å². The Morgan fingerprint density at radius 2 is 1.88 bits per heavy atom. The summed E-state index contributed by atoms with van der Waals surface area (Å²) >= 11 is 0. The van der Waals surface area contributed by atoms with E-state index in [1.807, 2.05) is 56.1 Å². The molecule has 0 saturated carbocycles. The van der Waals surface area contributed by atoms with Gasteiger partial charge in [0.2, 0.25) is 0 Å². The standard InChI is InChI=1S/C14H21NO2/c1-11(2)15(4)14(3,13(16)17)10-12-8-6-5-7-9-12/h5-9,11H,10H2,1-4H3,(H,16,17). The van der Waals surface area contributed by atoms with Crippen molar-refractivity contribution in [3.05, 3.63) is 35.9 Å². The zero-order valence-electron chi connectivity index (χ0n) is 11.0. The summed E-state index contributed by atoms with van der Waals surface area (Å²) in [5, 5.41) is 9.47. The van der Waals surface area contributed by atoms with E-state index >= 15 is 0 Å².